The lowest BCUT2D eigenvalue weighted by Gasteiger charge is -2.22. The smallest absolute Gasteiger partial charge is 0.257 e. The number of nitrogens with zero attached hydrogens (tertiary/aromatic N) is 1. The minimum Gasteiger partial charge on any atom is -0.379 e. The van der Waals surface area contributed by atoms with Crippen molar-refractivity contribution in [2.45, 2.75) is 26.3 Å². The highest BCUT2D eigenvalue weighted by Crippen LogP contribution is 2.17. The molecule has 2 aromatic rings. The molecule has 0 saturated heterocycles. The molecule has 110 valence electrons. The van der Waals surface area contributed by atoms with Crippen LogP contribution in [0.2, 0.25) is 0 Å². The van der Waals surface area contributed by atoms with E-state index in [4.69, 9.17) is 0 Å². The van der Waals surface area contributed by atoms with Crippen LogP contribution < -0.4 is 10.6 Å². The van der Waals surface area contributed by atoms with Crippen LogP contribution in [0.3, 0.4) is 0 Å². The molecule has 1 heterocycles. The molecule has 0 unspecified atom stereocenters. The van der Waals surface area contributed by atoms with E-state index in [1.54, 1.807) is 24.4 Å². The summed E-state index contributed by atoms with van der Waals surface area (Å²) in [6, 6.07) is 7.73. The Balaban J connectivity index is 2.16. The lowest BCUT2D eigenvalue weighted by molar-refractivity contribution is 0.102. The van der Waals surface area contributed by atoms with E-state index in [1.807, 2.05) is 20.8 Å². The Morgan fingerprint density at radius 2 is 1.90 bits per heavy atom. The van der Waals surface area contributed by atoms with Crippen molar-refractivity contribution in [3.05, 3.63) is 54.1 Å². The zero-order valence-corrected chi connectivity index (χ0v) is 12.3. The van der Waals surface area contributed by atoms with Crippen LogP contribution in [0.15, 0.2) is 42.7 Å². The van der Waals surface area contributed by atoms with Gasteiger partial charge in [0, 0.05) is 17.9 Å². The zero-order chi connectivity index (χ0) is 15.5. The van der Waals surface area contributed by atoms with Gasteiger partial charge in [-0.3, -0.25) is 9.78 Å². The monoisotopic (exact) mass is 287 g/mol. The van der Waals surface area contributed by atoms with Crippen LogP contribution in [0.25, 0.3) is 0 Å². The number of halogens is 1. The van der Waals surface area contributed by atoms with Gasteiger partial charge in [0.1, 0.15) is 5.82 Å². The molecule has 0 aliphatic heterocycles. The molecule has 0 aliphatic rings. The van der Waals surface area contributed by atoms with E-state index >= 15 is 0 Å². The van der Waals surface area contributed by atoms with Crippen LogP contribution in [0, 0.1) is 5.82 Å². The summed E-state index contributed by atoms with van der Waals surface area (Å²) in [5.74, 6) is -0.868. The highest BCUT2D eigenvalue weighted by atomic mass is 19.1. The number of hydrogen-bond donors (Lipinski definition) is 2. The lowest BCUT2D eigenvalue weighted by atomic mass is 10.1. The molecule has 0 radical (unpaired) electrons. The summed E-state index contributed by atoms with van der Waals surface area (Å²) in [6.45, 7) is 6.04. The lowest BCUT2D eigenvalue weighted by Crippen LogP contribution is -2.26. The maximum Gasteiger partial charge on any atom is 0.257 e. The Labute approximate surface area is 123 Å². The van der Waals surface area contributed by atoms with Gasteiger partial charge in [0.05, 0.1) is 16.9 Å². The molecule has 1 aromatic heterocycles. The van der Waals surface area contributed by atoms with E-state index in [9.17, 15) is 9.18 Å². The zero-order valence-electron chi connectivity index (χ0n) is 12.3. The number of amides is 1. The van der Waals surface area contributed by atoms with Gasteiger partial charge in [0.2, 0.25) is 0 Å². The molecule has 5 heteroatoms. The molecule has 1 aromatic carbocycles. The molecule has 0 fully saturated rings. The second kappa shape index (κ2) is 5.91. The van der Waals surface area contributed by atoms with Crippen molar-refractivity contribution in [2.24, 2.45) is 0 Å². The van der Waals surface area contributed by atoms with Crippen LogP contribution in [0.4, 0.5) is 15.8 Å². The van der Waals surface area contributed by atoms with Crippen molar-refractivity contribution >= 4 is 17.3 Å². The van der Waals surface area contributed by atoms with Crippen molar-refractivity contribution in [1.29, 1.82) is 0 Å². The average Bonchev–Trinajstić information content (AvgIpc) is 2.39. The molecular weight excluding hydrogens is 269 g/mol. The first kappa shape index (κ1) is 15.0. The first-order valence-corrected chi connectivity index (χ1v) is 6.64. The van der Waals surface area contributed by atoms with Crippen LogP contribution in [-0.2, 0) is 0 Å². The number of aromatic nitrogens is 1. The van der Waals surface area contributed by atoms with Gasteiger partial charge in [0.15, 0.2) is 0 Å². The highest BCUT2D eigenvalue weighted by Gasteiger charge is 2.13. The van der Waals surface area contributed by atoms with Crippen molar-refractivity contribution < 1.29 is 9.18 Å². The summed E-state index contributed by atoms with van der Waals surface area (Å²) in [5.41, 5.74) is 1.12. The van der Waals surface area contributed by atoms with Crippen LogP contribution >= 0.6 is 0 Å². The van der Waals surface area contributed by atoms with Gasteiger partial charge in [-0.25, -0.2) is 4.39 Å². The Bertz CT molecular complexity index is 650. The van der Waals surface area contributed by atoms with Gasteiger partial charge >= 0.3 is 0 Å². The molecule has 0 bridgehead atoms. The van der Waals surface area contributed by atoms with E-state index in [2.05, 4.69) is 15.6 Å². The predicted molar refractivity (Wildman–Crippen MR) is 82.0 cm³/mol. The second-order valence-electron chi connectivity index (χ2n) is 5.77. The van der Waals surface area contributed by atoms with Crippen LogP contribution in [-0.4, -0.2) is 16.4 Å². The quantitative estimate of drug-likeness (QED) is 0.905. The number of carbonyl (C=O) groups excluding carboxylic acids is 1. The number of rotatable bonds is 3. The Kier molecular flexibility index (Phi) is 4.21. The van der Waals surface area contributed by atoms with Gasteiger partial charge < -0.3 is 10.6 Å². The van der Waals surface area contributed by atoms with Crippen LogP contribution in [0.1, 0.15) is 31.1 Å². The van der Waals surface area contributed by atoms with Gasteiger partial charge in [-0.05, 0) is 39.0 Å². The summed E-state index contributed by atoms with van der Waals surface area (Å²) in [6.07, 6.45) is 3.09. The molecule has 2 N–H and O–H groups in total. The Morgan fingerprint density at radius 1 is 1.19 bits per heavy atom. The Hall–Kier alpha value is -2.43. The van der Waals surface area contributed by atoms with Gasteiger partial charge in [0.25, 0.3) is 5.91 Å². The summed E-state index contributed by atoms with van der Waals surface area (Å²) < 4.78 is 13.5. The number of nitrogens with one attached hydrogen (secondary N) is 2. The van der Waals surface area contributed by atoms with E-state index < -0.39 is 11.7 Å². The number of hydrogen-bond acceptors (Lipinski definition) is 3. The van der Waals surface area contributed by atoms with Crippen LogP contribution in [0.5, 0.6) is 0 Å². The molecular formula is C16H18FN3O. The van der Waals surface area contributed by atoms with Gasteiger partial charge in [-0.2, -0.15) is 0 Å². The fourth-order valence-electron chi connectivity index (χ4n) is 1.82. The molecule has 0 spiro atoms. The topological polar surface area (TPSA) is 54.0 Å². The van der Waals surface area contributed by atoms with Gasteiger partial charge in [-0.15, -0.1) is 0 Å². The Morgan fingerprint density at radius 3 is 2.57 bits per heavy atom. The second-order valence-corrected chi connectivity index (χ2v) is 5.77. The fraction of sp³-hybridized carbons (Fsp3) is 0.250. The molecule has 0 aliphatic carbocycles. The summed E-state index contributed by atoms with van der Waals surface area (Å²) >= 11 is 0. The minimum atomic E-state index is -0.470. The fourth-order valence-corrected chi connectivity index (χ4v) is 1.82. The standard InChI is InChI=1S/C16H18FN3O/c1-16(2,3)20-12-8-11(9-18-10-12)15(21)19-14-7-5-4-6-13(14)17/h4-10,20H,1-3H3,(H,19,21). The molecule has 21 heavy (non-hydrogen) atoms. The van der Waals surface area contributed by atoms with E-state index in [1.165, 1.54) is 18.3 Å². The minimum absolute atomic E-state index is 0.137. The SMILES string of the molecule is CC(C)(C)Nc1cncc(C(=O)Nc2ccccc2F)c1. The van der Waals surface area contributed by atoms with E-state index in [0.717, 1.165) is 5.69 Å². The summed E-state index contributed by atoms with van der Waals surface area (Å²) in [7, 11) is 0. The van der Waals surface area contributed by atoms with Crippen molar-refractivity contribution in [3.8, 4) is 0 Å². The highest BCUT2D eigenvalue weighted by molar-refractivity contribution is 6.04. The average molecular weight is 287 g/mol. The molecule has 1 amide bonds. The summed E-state index contributed by atoms with van der Waals surface area (Å²) in [5, 5.41) is 5.77. The molecule has 2 rings (SSSR count). The first-order valence-electron chi connectivity index (χ1n) is 6.64. The first-order chi connectivity index (χ1) is 9.85. The van der Waals surface area contributed by atoms with Crippen molar-refractivity contribution in [2.75, 3.05) is 10.6 Å². The molecule has 0 saturated carbocycles. The molecule has 0 atom stereocenters. The maximum absolute atomic E-state index is 13.5. The number of pyridine rings is 1. The number of benzene rings is 1. The van der Waals surface area contributed by atoms with Gasteiger partial charge in [-0.1, -0.05) is 12.1 Å². The van der Waals surface area contributed by atoms with E-state index in [-0.39, 0.29) is 11.2 Å². The number of carbonyl (C=O) groups is 1. The summed E-state index contributed by atoms with van der Waals surface area (Å²) in [4.78, 5) is 16.2. The van der Waals surface area contributed by atoms with E-state index in [0.29, 0.717) is 5.56 Å². The third-order valence-electron chi connectivity index (χ3n) is 2.64. The normalized spacial score (nSPS) is 11.0. The molecule has 4 nitrogen and oxygen atoms in total. The maximum atomic E-state index is 13.5. The van der Waals surface area contributed by atoms with Crippen molar-refractivity contribution in [3.63, 3.8) is 0 Å². The van der Waals surface area contributed by atoms with Crippen molar-refractivity contribution in [1.82, 2.24) is 4.98 Å². The largest absolute Gasteiger partial charge is 0.379 e. The predicted octanol–water partition coefficient (Wildman–Crippen LogP) is 3.68. The third kappa shape index (κ3) is 4.27. The number of para-hydroxylation sites is 1. The third-order valence-corrected chi connectivity index (χ3v) is 2.64. The number of anilines is 2.